The molecule has 106 valence electrons. The first kappa shape index (κ1) is 14.5. The van der Waals surface area contributed by atoms with Crippen LogP contribution < -0.4 is 11.3 Å². The summed E-state index contributed by atoms with van der Waals surface area (Å²) in [6.07, 6.45) is 3.93. The van der Waals surface area contributed by atoms with Gasteiger partial charge in [-0.05, 0) is 67.6 Å². The van der Waals surface area contributed by atoms with Crippen LogP contribution in [0.1, 0.15) is 55.8 Å². The van der Waals surface area contributed by atoms with Gasteiger partial charge in [-0.3, -0.25) is 11.3 Å². The molecular formula is C17H28N2. The van der Waals surface area contributed by atoms with Gasteiger partial charge >= 0.3 is 0 Å². The third kappa shape index (κ3) is 3.18. The van der Waals surface area contributed by atoms with Gasteiger partial charge in [-0.25, -0.2) is 0 Å². The van der Waals surface area contributed by atoms with Gasteiger partial charge in [0.15, 0.2) is 0 Å². The summed E-state index contributed by atoms with van der Waals surface area (Å²) in [5.41, 5.74) is 7.22. The molecule has 0 amide bonds. The van der Waals surface area contributed by atoms with Crippen LogP contribution in [0, 0.1) is 31.6 Å². The van der Waals surface area contributed by atoms with E-state index in [2.05, 4.69) is 51.3 Å². The maximum Gasteiger partial charge on any atom is 0.0491 e. The Kier molecular flexibility index (Phi) is 4.64. The number of rotatable bonds is 3. The molecule has 3 N–H and O–H groups in total. The molecule has 0 bridgehead atoms. The molecule has 1 aliphatic rings. The van der Waals surface area contributed by atoms with E-state index in [4.69, 9.17) is 5.84 Å². The van der Waals surface area contributed by atoms with Crippen molar-refractivity contribution in [2.24, 2.45) is 23.6 Å². The smallest absolute Gasteiger partial charge is 0.0491 e. The highest BCUT2D eigenvalue weighted by Gasteiger charge is 2.31. The number of hydrogen-bond donors (Lipinski definition) is 2. The normalized spacial score (nSPS) is 29.2. The summed E-state index contributed by atoms with van der Waals surface area (Å²) in [4.78, 5) is 0. The fraction of sp³-hybridized carbons (Fsp3) is 0.647. The molecule has 1 saturated carbocycles. The summed E-state index contributed by atoms with van der Waals surface area (Å²) in [5.74, 6) is 8.18. The van der Waals surface area contributed by atoms with Crippen molar-refractivity contribution in [1.29, 1.82) is 0 Å². The summed E-state index contributed by atoms with van der Waals surface area (Å²) in [5, 5.41) is 0. The summed E-state index contributed by atoms with van der Waals surface area (Å²) >= 11 is 0. The number of benzene rings is 1. The third-order valence-electron chi connectivity index (χ3n) is 4.85. The highest BCUT2D eigenvalue weighted by Crippen LogP contribution is 2.40. The van der Waals surface area contributed by atoms with Crippen LogP contribution >= 0.6 is 0 Å². The number of nitrogens with two attached hydrogens (primary N) is 1. The Morgan fingerprint density at radius 2 is 1.74 bits per heavy atom. The molecule has 2 nitrogen and oxygen atoms in total. The van der Waals surface area contributed by atoms with Crippen LogP contribution in [0.3, 0.4) is 0 Å². The van der Waals surface area contributed by atoms with Gasteiger partial charge in [0.25, 0.3) is 0 Å². The SMILES string of the molecule is Cc1cccc(C(NN)C2CC(C)CC(C)C2)c1C. The van der Waals surface area contributed by atoms with Crippen LogP contribution in [0.15, 0.2) is 18.2 Å². The van der Waals surface area contributed by atoms with E-state index in [1.54, 1.807) is 0 Å². The summed E-state index contributed by atoms with van der Waals surface area (Å²) in [7, 11) is 0. The topological polar surface area (TPSA) is 38.0 Å². The Balaban J connectivity index is 2.26. The summed E-state index contributed by atoms with van der Waals surface area (Å²) < 4.78 is 0. The lowest BCUT2D eigenvalue weighted by Gasteiger charge is -2.37. The molecule has 0 aliphatic heterocycles. The van der Waals surface area contributed by atoms with Crippen molar-refractivity contribution < 1.29 is 0 Å². The van der Waals surface area contributed by atoms with Crippen molar-refractivity contribution >= 4 is 0 Å². The number of nitrogens with one attached hydrogen (secondary N) is 1. The zero-order valence-electron chi connectivity index (χ0n) is 12.7. The molecule has 1 aromatic rings. The van der Waals surface area contributed by atoms with Gasteiger partial charge < -0.3 is 0 Å². The molecule has 0 spiro atoms. The van der Waals surface area contributed by atoms with Crippen LogP contribution in [0.5, 0.6) is 0 Å². The van der Waals surface area contributed by atoms with Crippen LogP contribution in [0.2, 0.25) is 0 Å². The average Bonchev–Trinajstić information content (AvgIpc) is 2.34. The van der Waals surface area contributed by atoms with E-state index < -0.39 is 0 Å². The fourth-order valence-corrected chi connectivity index (χ4v) is 3.87. The minimum atomic E-state index is 0.296. The molecule has 0 heterocycles. The molecule has 1 fully saturated rings. The second-order valence-corrected chi connectivity index (χ2v) is 6.61. The lowest BCUT2D eigenvalue weighted by molar-refractivity contribution is 0.176. The van der Waals surface area contributed by atoms with Crippen molar-refractivity contribution in [3.05, 3.63) is 34.9 Å². The largest absolute Gasteiger partial charge is 0.271 e. The van der Waals surface area contributed by atoms with E-state index in [0.717, 1.165) is 11.8 Å². The molecule has 2 rings (SSSR count). The Labute approximate surface area is 117 Å². The van der Waals surface area contributed by atoms with Gasteiger partial charge in [0.05, 0.1) is 0 Å². The Morgan fingerprint density at radius 1 is 1.11 bits per heavy atom. The molecule has 3 unspecified atom stereocenters. The first-order valence-electron chi connectivity index (χ1n) is 7.55. The second kappa shape index (κ2) is 6.06. The lowest BCUT2D eigenvalue weighted by Crippen LogP contribution is -2.37. The fourth-order valence-electron chi connectivity index (χ4n) is 3.87. The van der Waals surface area contributed by atoms with Gasteiger partial charge in [-0.15, -0.1) is 0 Å². The minimum Gasteiger partial charge on any atom is -0.271 e. The van der Waals surface area contributed by atoms with Crippen molar-refractivity contribution in [2.75, 3.05) is 0 Å². The van der Waals surface area contributed by atoms with E-state index in [1.165, 1.54) is 36.0 Å². The molecule has 0 radical (unpaired) electrons. The van der Waals surface area contributed by atoms with Gasteiger partial charge in [0.2, 0.25) is 0 Å². The van der Waals surface area contributed by atoms with E-state index in [0.29, 0.717) is 12.0 Å². The van der Waals surface area contributed by atoms with Crippen molar-refractivity contribution in [3.8, 4) is 0 Å². The van der Waals surface area contributed by atoms with E-state index >= 15 is 0 Å². The number of aryl methyl sites for hydroxylation is 1. The van der Waals surface area contributed by atoms with Crippen LogP contribution in [-0.2, 0) is 0 Å². The summed E-state index contributed by atoms with van der Waals surface area (Å²) in [6.45, 7) is 9.14. The van der Waals surface area contributed by atoms with Crippen molar-refractivity contribution in [1.82, 2.24) is 5.43 Å². The molecule has 3 atom stereocenters. The molecule has 1 aromatic carbocycles. The van der Waals surface area contributed by atoms with Crippen molar-refractivity contribution in [2.45, 2.75) is 53.0 Å². The van der Waals surface area contributed by atoms with E-state index in [9.17, 15) is 0 Å². The first-order valence-corrected chi connectivity index (χ1v) is 7.55. The first-order chi connectivity index (χ1) is 9.02. The average molecular weight is 260 g/mol. The van der Waals surface area contributed by atoms with Crippen LogP contribution in [0.4, 0.5) is 0 Å². The molecule has 19 heavy (non-hydrogen) atoms. The molecule has 2 heteroatoms. The van der Waals surface area contributed by atoms with Gasteiger partial charge in [0, 0.05) is 6.04 Å². The minimum absolute atomic E-state index is 0.296. The standard InChI is InChI=1S/C17H28N2/c1-11-8-12(2)10-15(9-11)17(19-18)16-7-5-6-13(3)14(16)4/h5-7,11-12,15,17,19H,8-10,18H2,1-4H3. The monoisotopic (exact) mass is 260 g/mol. The molecule has 0 saturated heterocycles. The Bertz CT molecular complexity index is 417. The molecule has 1 aliphatic carbocycles. The van der Waals surface area contributed by atoms with Gasteiger partial charge in [0.1, 0.15) is 0 Å². The quantitative estimate of drug-likeness (QED) is 0.639. The maximum absolute atomic E-state index is 5.90. The van der Waals surface area contributed by atoms with E-state index in [-0.39, 0.29) is 0 Å². The Morgan fingerprint density at radius 3 is 2.32 bits per heavy atom. The third-order valence-corrected chi connectivity index (χ3v) is 4.85. The second-order valence-electron chi connectivity index (χ2n) is 6.61. The maximum atomic E-state index is 5.90. The van der Waals surface area contributed by atoms with Gasteiger partial charge in [-0.2, -0.15) is 0 Å². The molecular weight excluding hydrogens is 232 g/mol. The lowest BCUT2D eigenvalue weighted by atomic mass is 9.72. The van der Waals surface area contributed by atoms with E-state index in [1.807, 2.05) is 0 Å². The predicted molar refractivity (Wildman–Crippen MR) is 81.6 cm³/mol. The van der Waals surface area contributed by atoms with Crippen LogP contribution in [-0.4, -0.2) is 0 Å². The zero-order chi connectivity index (χ0) is 14.0. The number of hydrogen-bond acceptors (Lipinski definition) is 2. The summed E-state index contributed by atoms with van der Waals surface area (Å²) in [6, 6.07) is 6.86. The zero-order valence-corrected chi connectivity index (χ0v) is 12.7. The predicted octanol–water partition coefficient (Wildman–Crippen LogP) is 3.88. The highest BCUT2D eigenvalue weighted by atomic mass is 15.2. The van der Waals surface area contributed by atoms with Gasteiger partial charge in [-0.1, -0.05) is 32.0 Å². The van der Waals surface area contributed by atoms with Crippen LogP contribution in [0.25, 0.3) is 0 Å². The van der Waals surface area contributed by atoms with Crippen molar-refractivity contribution in [3.63, 3.8) is 0 Å². The Hall–Kier alpha value is -0.860. The highest BCUT2D eigenvalue weighted by molar-refractivity contribution is 5.35. The number of hydrazine groups is 1. The molecule has 0 aromatic heterocycles.